The number of para-hydroxylation sites is 3. The van der Waals surface area contributed by atoms with Crippen LogP contribution in [0.25, 0.3) is 93.1 Å². The summed E-state index contributed by atoms with van der Waals surface area (Å²) in [5.41, 5.74) is 9.10. The molecule has 2 nitrogen and oxygen atoms in total. The van der Waals surface area contributed by atoms with Gasteiger partial charge < -0.3 is 4.57 Å². The van der Waals surface area contributed by atoms with E-state index in [0.717, 1.165) is 33.2 Å². The molecule has 0 bridgehead atoms. The first kappa shape index (κ1) is 26.0. The van der Waals surface area contributed by atoms with Crippen molar-refractivity contribution in [1.82, 2.24) is 9.55 Å². The third-order valence-electron chi connectivity index (χ3n) is 9.72. The Kier molecular flexibility index (Phi) is 5.61. The predicted octanol–water partition coefficient (Wildman–Crippen LogP) is 12.1. The standard InChI is InChI=1S/C45H28N2/c1-2-16-32(17-3-1)47-43-24-11-9-22-37(43)40-27-41-39(28-44(40)47)36-21-8-10-23-42(36)46-45(41)31-15-12-14-29(25-31)38-26-30-13-4-5-18-33(30)34-19-6-7-20-35(34)38/h1-28H. The van der Waals surface area contributed by atoms with E-state index in [1.54, 1.807) is 0 Å². The maximum Gasteiger partial charge on any atom is 0.0788 e. The lowest BCUT2D eigenvalue weighted by Gasteiger charge is -2.14. The highest BCUT2D eigenvalue weighted by Crippen LogP contribution is 2.41. The van der Waals surface area contributed by atoms with Crippen LogP contribution in [0.3, 0.4) is 0 Å². The monoisotopic (exact) mass is 596 g/mol. The molecule has 0 spiro atoms. The van der Waals surface area contributed by atoms with E-state index in [9.17, 15) is 0 Å². The van der Waals surface area contributed by atoms with Gasteiger partial charge in [-0.3, -0.25) is 0 Å². The van der Waals surface area contributed by atoms with Crippen LogP contribution >= 0.6 is 0 Å². The molecule has 0 aliphatic heterocycles. The van der Waals surface area contributed by atoms with Gasteiger partial charge in [0.15, 0.2) is 0 Å². The summed E-state index contributed by atoms with van der Waals surface area (Å²) in [5.74, 6) is 0. The van der Waals surface area contributed by atoms with E-state index >= 15 is 0 Å². The molecule has 0 amide bonds. The fraction of sp³-hybridized carbons (Fsp3) is 0. The molecule has 0 radical (unpaired) electrons. The highest BCUT2D eigenvalue weighted by molar-refractivity contribution is 6.20. The van der Waals surface area contributed by atoms with Crippen LogP contribution in [0, 0.1) is 0 Å². The third kappa shape index (κ3) is 3.95. The minimum atomic E-state index is 0.998. The smallest absolute Gasteiger partial charge is 0.0788 e. The Morgan fingerprint density at radius 1 is 0.362 bits per heavy atom. The van der Waals surface area contributed by atoms with E-state index in [4.69, 9.17) is 4.98 Å². The van der Waals surface area contributed by atoms with Gasteiger partial charge in [-0.25, -0.2) is 4.98 Å². The summed E-state index contributed by atoms with van der Waals surface area (Å²) in [4.78, 5) is 5.37. The average Bonchev–Trinajstić information content (AvgIpc) is 3.47. The van der Waals surface area contributed by atoms with E-state index in [1.807, 2.05) is 0 Å². The lowest BCUT2D eigenvalue weighted by Crippen LogP contribution is -1.94. The summed E-state index contributed by atoms with van der Waals surface area (Å²) in [5, 5.41) is 11.1. The minimum absolute atomic E-state index is 0.998. The van der Waals surface area contributed by atoms with Gasteiger partial charge in [-0.15, -0.1) is 0 Å². The van der Waals surface area contributed by atoms with E-state index < -0.39 is 0 Å². The Bertz CT molecular complexity index is 2840. The quantitative estimate of drug-likeness (QED) is 0.186. The molecule has 0 fully saturated rings. The number of nitrogens with zero attached hydrogens (tertiary/aromatic N) is 2. The molecule has 2 aromatic heterocycles. The second-order valence-corrected chi connectivity index (χ2v) is 12.4. The number of hydrogen-bond donors (Lipinski definition) is 0. The van der Waals surface area contributed by atoms with Gasteiger partial charge in [0.05, 0.1) is 22.2 Å². The van der Waals surface area contributed by atoms with Crippen LogP contribution in [0.5, 0.6) is 0 Å². The Morgan fingerprint density at radius 2 is 1.04 bits per heavy atom. The highest BCUT2D eigenvalue weighted by Gasteiger charge is 2.18. The van der Waals surface area contributed by atoms with E-state index in [2.05, 4.69) is 174 Å². The zero-order chi connectivity index (χ0) is 30.9. The predicted molar refractivity (Wildman–Crippen MR) is 199 cm³/mol. The Hall–Kier alpha value is -6.25. The van der Waals surface area contributed by atoms with Crippen molar-refractivity contribution < 1.29 is 0 Å². The molecular weight excluding hydrogens is 569 g/mol. The number of aromatic nitrogens is 2. The molecule has 2 heterocycles. The highest BCUT2D eigenvalue weighted by atomic mass is 15.0. The first-order valence-electron chi connectivity index (χ1n) is 16.1. The van der Waals surface area contributed by atoms with Gasteiger partial charge in [0.1, 0.15) is 0 Å². The molecule has 10 aromatic rings. The third-order valence-corrected chi connectivity index (χ3v) is 9.72. The molecule has 218 valence electrons. The lowest BCUT2D eigenvalue weighted by molar-refractivity contribution is 1.18. The molecular formula is C45H28N2. The molecule has 0 atom stereocenters. The topological polar surface area (TPSA) is 17.8 Å². The number of pyridine rings is 1. The van der Waals surface area contributed by atoms with Crippen LogP contribution < -0.4 is 0 Å². The largest absolute Gasteiger partial charge is 0.309 e. The van der Waals surface area contributed by atoms with Crippen LogP contribution in [0.4, 0.5) is 0 Å². The average molecular weight is 597 g/mol. The van der Waals surface area contributed by atoms with Crippen molar-refractivity contribution in [3.8, 4) is 28.1 Å². The van der Waals surface area contributed by atoms with Crippen LogP contribution in [-0.4, -0.2) is 9.55 Å². The van der Waals surface area contributed by atoms with E-state index in [1.165, 1.54) is 59.9 Å². The van der Waals surface area contributed by atoms with Gasteiger partial charge in [0.2, 0.25) is 0 Å². The van der Waals surface area contributed by atoms with Gasteiger partial charge >= 0.3 is 0 Å². The molecule has 0 unspecified atom stereocenters. The summed E-state index contributed by atoms with van der Waals surface area (Å²) < 4.78 is 2.39. The minimum Gasteiger partial charge on any atom is -0.309 e. The Balaban J connectivity index is 1.28. The van der Waals surface area contributed by atoms with Gasteiger partial charge in [-0.1, -0.05) is 121 Å². The molecule has 0 saturated heterocycles. The van der Waals surface area contributed by atoms with Crippen LogP contribution in [0.15, 0.2) is 170 Å². The van der Waals surface area contributed by atoms with E-state index in [0.29, 0.717) is 0 Å². The Labute approximate surface area is 271 Å². The molecule has 2 heteroatoms. The second kappa shape index (κ2) is 10.1. The Morgan fingerprint density at radius 3 is 1.91 bits per heavy atom. The van der Waals surface area contributed by atoms with Crippen LogP contribution in [0.1, 0.15) is 0 Å². The van der Waals surface area contributed by atoms with Crippen LogP contribution in [0.2, 0.25) is 0 Å². The summed E-state index contributed by atoms with van der Waals surface area (Å²) in [6.45, 7) is 0. The molecule has 47 heavy (non-hydrogen) atoms. The molecule has 10 rings (SSSR count). The molecule has 8 aromatic carbocycles. The normalized spacial score (nSPS) is 11.8. The van der Waals surface area contributed by atoms with Gasteiger partial charge in [0.25, 0.3) is 0 Å². The van der Waals surface area contributed by atoms with Gasteiger partial charge in [-0.05, 0) is 86.6 Å². The second-order valence-electron chi connectivity index (χ2n) is 12.4. The molecule has 0 aliphatic carbocycles. The summed E-state index contributed by atoms with van der Waals surface area (Å²) in [7, 11) is 0. The number of hydrogen-bond acceptors (Lipinski definition) is 1. The van der Waals surface area contributed by atoms with Crippen molar-refractivity contribution in [2.75, 3.05) is 0 Å². The zero-order valence-electron chi connectivity index (χ0n) is 25.6. The molecule has 0 saturated carbocycles. The SMILES string of the molecule is c1ccc(-n2c3ccccc3c3cc4c(-c5cccc(-c6cc7ccccc7c7ccccc67)c5)nc5ccccc5c4cc32)cc1. The van der Waals surface area contributed by atoms with Crippen LogP contribution in [-0.2, 0) is 0 Å². The maximum atomic E-state index is 5.37. The fourth-order valence-corrected chi connectivity index (χ4v) is 7.62. The summed E-state index contributed by atoms with van der Waals surface area (Å²) >= 11 is 0. The summed E-state index contributed by atoms with van der Waals surface area (Å²) in [6, 6.07) is 61.4. The van der Waals surface area contributed by atoms with Crippen molar-refractivity contribution in [2.24, 2.45) is 0 Å². The van der Waals surface area contributed by atoms with Crippen molar-refractivity contribution in [1.29, 1.82) is 0 Å². The van der Waals surface area contributed by atoms with Gasteiger partial charge in [0, 0.05) is 32.8 Å². The molecule has 0 aliphatic rings. The van der Waals surface area contributed by atoms with Gasteiger partial charge in [-0.2, -0.15) is 0 Å². The first-order valence-corrected chi connectivity index (χ1v) is 16.1. The number of fused-ring (bicyclic) bond motifs is 9. The lowest BCUT2D eigenvalue weighted by atomic mass is 9.91. The summed E-state index contributed by atoms with van der Waals surface area (Å²) in [6.07, 6.45) is 0. The van der Waals surface area contributed by atoms with Crippen molar-refractivity contribution in [3.63, 3.8) is 0 Å². The van der Waals surface area contributed by atoms with Crippen molar-refractivity contribution in [3.05, 3.63) is 170 Å². The number of benzene rings is 8. The van der Waals surface area contributed by atoms with Crippen molar-refractivity contribution in [2.45, 2.75) is 0 Å². The first-order chi connectivity index (χ1) is 23.3. The number of rotatable bonds is 3. The van der Waals surface area contributed by atoms with Crippen molar-refractivity contribution >= 4 is 65.0 Å². The molecule has 0 N–H and O–H groups in total. The zero-order valence-corrected chi connectivity index (χ0v) is 25.6. The maximum absolute atomic E-state index is 5.37. The fourth-order valence-electron chi connectivity index (χ4n) is 7.62. The van der Waals surface area contributed by atoms with E-state index in [-0.39, 0.29) is 0 Å².